The number of rotatable bonds is 2. The summed E-state index contributed by atoms with van der Waals surface area (Å²) in [5.74, 6) is 1.18. The molecule has 1 fully saturated rings. The zero-order chi connectivity index (χ0) is 14.1. The van der Waals surface area contributed by atoms with Gasteiger partial charge in [0, 0.05) is 10.8 Å². The lowest BCUT2D eigenvalue weighted by Gasteiger charge is -2.19. The molecule has 2 heteroatoms. The minimum absolute atomic E-state index is 0.611. The number of hydrogen-bond donors (Lipinski definition) is 1. The first-order valence-corrected chi connectivity index (χ1v) is 8.01. The van der Waals surface area contributed by atoms with E-state index in [-0.39, 0.29) is 0 Å². The van der Waals surface area contributed by atoms with Gasteiger partial charge in [0.15, 0.2) is 0 Å². The minimum Gasteiger partial charge on any atom is -0.271 e. The molecule has 2 N–H and O–H groups in total. The molecule has 1 aromatic heterocycles. The van der Waals surface area contributed by atoms with Gasteiger partial charge in [0.05, 0.1) is 11.4 Å². The molecule has 0 amide bonds. The van der Waals surface area contributed by atoms with E-state index >= 15 is 0 Å². The number of para-hydroxylation sites is 1. The molecule has 3 aromatic rings. The molecule has 1 saturated carbocycles. The molecule has 0 bridgehead atoms. The zero-order valence-electron chi connectivity index (χ0n) is 12.2. The molecule has 0 saturated heterocycles. The van der Waals surface area contributed by atoms with Crippen molar-refractivity contribution in [2.24, 2.45) is 0 Å². The topological polar surface area (TPSA) is 26.2 Å². The summed E-state index contributed by atoms with van der Waals surface area (Å²) in [6.07, 6.45) is 6.66. The van der Waals surface area contributed by atoms with Gasteiger partial charge in [0.1, 0.15) is 5.52 Å². The largest absolute Gasteiger partial charge is 0.280 e. The van der Waals surface area contributed by atoms with Crippen molar-refractivity contribution in [3.05, 3.63) is 48.5 Å². The van der Waals surface area contributed by atoms with Crippen LogP contribution in [0.25, 0.3) is 21.7 Å². The molecule has 4 rings (SSSR count). The average molecular weight is 277 g/mol. The predicted molar refractivity (Wildman–Crippen MR) is 88.5 cm³/mol. The van der Waals surface area contributed by atoms with E-state index in [1.807, 2.05) is 0 Å². The van der Waals surface area contributed by atoms with Crippen LogP contribution >= 0.6 is 0 Å². The van der Waals surface area contributed by atoms with Gasteiger partial charge in [0.2, 0.25) is 0 Å². The normalized spacial score (nSPS) is 16.4. The third kappa shape index (κ3) is 2.35. The molecular weight excluding hydrogens is 256 g/mol. The molecule has 1 heterocycles. The van der Waals surface area contributed by atoms with Gasteiger partial charge in [-0.1, -0.05) is 42.8 Å². The lowest BCUT2D eigenvalue weighted by Crippen LogP contribution is -2.26. The number of aromatic amines is 1. The van der Waals surface area contributed by atoms with Crippen molar-refractivity contribution in [2.75, 3.05) is 5.32 Å². The van der Waals surface area contributed by atoms with Crippen LogP contribution in [0.2, 0.25) is 0 Å². The molecule has 0 radical (unpaired) electrons. The van der Waals surface area contributed by atoms with Gasteiger partial charge in [-0.05, 0) is 37.8 Å². The summed E-state index contributed by atoms with van der Waals surface area (Å²) in [7, 11) is 0. The SMILES string of the molecule is c1ccc2c(c1)[nH+]c(NC1CCCCC1)c1ccccc12. The van der Waals surface area contributed by atoms with Crippen molar-refractivity contribution >= 4 is 27.5 Å². The predicted octanol–water partition coefficient (Wildman–Crippen LogP) is 4.55. The fourth-order valence-electron chi connectivity index (χ4n) is 3.53. The highest BCUT2D eigenvalue weighted by atomic mass is 15.0. The summed E-state index contributed by atoms with van der Waals surface area (Å²) in [5, 5.41) is 7.67. The number of hydrogen-bond acceptors (Lipinski definition) is 1. The molecule has 2 aromatic carbocycles. The Bertz CT molecular complexity index is 773. The smallest absolute Gasteiger partial charge is 0.271 e. The summed E-state index contributed by atoms with van der Waals surface area (Å²) in [4.78, 5) is 3.61. The van der Waals surface area contributed by atoms with Crippen LogP contribution < -0.4 is 10.3 Å². The second kappa shape index (κ2) is 5.36. The van der Waals surface area contributed by atoms with Gasteiger partial charge in [-0.25, -0.2) is 4.98 Å². The van der Waals surface area contributed by atoms with Crippen molar-refractivity contribution < 1.29 is 4.98 Å². The average Bonchev–Trinajstić information content (AvgIpc) is 2.56. The van der Waals surface area contributed by atoms with Gasteiger partial charge in [0.25, 0.3) is 5.82 Å². The van der Waals surface area contributed by atoms with Crippen LogP contribution in [0.4, 0.5) is 5.82 Å². The number of H-pyrrole nitrogens is 1. The van der Waals surface area contributed by atoms with Gasteiger partial charge < -0.3 is 0 Å². The van der Waals surface area contributed by atoms with Crippen LogP contribution in [0.3, 0.4) is 0 Å². The van der Waals surface area contributed by atoms with E-state index in [2.05, 4.69) is 58.8 Å². The maximum Gasteiger partial charge on any atom is 0.280 e. The molecule has 0 atom stereocenters. The number of aromatic nitrogens is 1. The van der Waals surface area contributed by atoms with Gasteiger partial charge in [-0.3, -0.25) is 5.32 Å². The summed E-state index contributed by atoms with van der Waals surface area (Å²) < 4.78 is 0. The van der Waals surface area contributed by atoms with E-state index < -0.39 is 0 Å². The first kappa shape index (κ1) is 12.6. The van der Waals surface area contributed by atoms with Crippen LogP contribution in [0.15, 0.2) is 48.5 Å². The molecule has 1 aliphatic carbocycles. The van der Waals surface area contributed by atoms with Crippen LogP contribution in [0.5, 0.6) is 0 Å². The Morgan fingerprint density at radius 3 is 2.24 bits per heavy atom. The van der Waals surface area contributed by atoms with Crippen molar-refractivity contribution in [3.63, 3.8) is 0 Å². The molecule has 0 unspecified atom stereocenters. The van der Waals surface area contributed by atoms with E-state index in [1.54, 1.807) is 0 Å². The molecule has 106 valence electrons. The highest BCUT2D eigenvalue weighted by molar-refractivity contribution is 6.07. The van der Waals surface area contributed by atoms with Crippen molar-refractivity contribution in [1.82, 2.24) is 0 Å². The highest BCUT2D eigenvalue weighted by Gasteiger charge is 2.20. The fraction of sp³-hybridized carbons (Fsp3) is 0.316. The standard InChI is InChI=1S/C19H20N2/c1-2-8-14(9-3-1)20-19-17-12-5-4-10-15(17)16-11-6-7-13-18(16)21-19/h4-7,10-14H,1-3,8-9H2,(H,20,21)/p+1. The zero-order valence-corrected chi connectivity index (χ0v) is 12.2. The number of nitrogens with one attached hydrogen (secondary N) is 2. The van der Waals surface area contributed by atoms with Gasteiger partial charge >= 0.3 is 0 Å². The minimum atomic E-state index is 0.611. The number of benzene rings is 2. The fourth-order valence-corrected chi connectivity index (χ4v) is 3.53. The van der Waals surface area contributed by atoms with E-state index in [0.717, 1.165) is 0 Å². The maximum atomic E-state index is 3.76. The van der Waals surface area contributed by atoms with Crippen LogP contribution in [-0.2, 0) is 0 Å². The summed E-state index contributed by atoms with van der Waals surface area (Å²) in [6, 6.07) is 17.8. The molecule has 1 aliphatic rings. The maximum absolute atomic E-state index is 3.76. The van der Waals surface area contributed by atoms with E-state index in [0.29, 0.717) is 6.04 Å². The number of anilines is 1. The monoisotopic (exact) mass is 277 g/mol. The number of pyridine rings is 1. The van der Waals surface area contributed by atoms with Gasteiger partial charge in [-0.2, -0.15) is 0 Å². The van der Waals surface area contributed by atoms with Crippen LogP contribution in [0.1, 0.15) is 32.1 Å². The Hall–Kier alpha value is -2.09. The Kier molecular flexibility index (Phi) is 3.23. The molecule has 2 nitrogen and oxygen atoms in total. The molecule has 0 aliphatic heterocycles. The van der Waals surface area contributed by atoms with E-state index in [9.17, 15) is 0 Å². The van der Waals surface area contributed by atoms with Crippen molar-refractivity contribution in [3.8, 4) is 0 Å². The number of fused-ring (bicyclic) bond motifs is 3. The second-order valence-electron chi connectivity index (χ2n) is 6.07. The molecular formula is C19H21N2+. The van der Waals surface area contributed by atoms with Crippen molar-refractivity contribution in [2.45, 2.75) is 38.1 Å². The quantitative estimate of drug-likeness (QED) is 0.683. The highest BCUT2D eigenvalue weighted by Crippen LogP contribution is 2.28. The third-order valence-corrected chi connectivity index (χ3v) is 4.63. The first-order chi connectivity index (χ1) is 10.4. The Morgan fingerprint density at radius 1 is 0.762 bits per heavy atom. The summed E-state index contributed by atoms with van der Waals surface area (Å²) in [6.45, 7) is 0. The Labute approximate surface area is 125 Å². The third-order valence-electron chi connectivity index (χ3n) is 4.63. The summed E-state index contributed by atoms with van der Waals surface area (Å²) in [5.41, 5.74) is 1.20. The summed E-state index contributed by atoms with van der Waals surface area (Å²) >= 11 is 0. The van der Waals surface area contributed by atoms with E-state index in [1.165, 1.54) is 59.6 Å². The Morgan fingerprint density at radius 2 is 1.43 bits per heavy atom. The lowest BCUT2D eigenvalue weighted by molar-refractivity contribution is -0.326. The first-order valence-electron chi connectivity index (χ1n) is 8.01. The van der Waals surface area contributed by atoms with Gasteiger partial charge in [-0.15, -0.1) is 0 Å². The van der Waals surface area contributed by atoms with Crippen LogP contribution in [0, 0.1) is 0 Å². The van der Waals surface area contributed by atoms with Crippen molar-refractivity contribution in [1.29, 1.82) is 0 Å². The Balaban J connectivity index is 1.85. The molecule has 21 heavy (non-hydrogen) atoms. The van der Waals surface area contributed by atoms with E-state index in [4.69, 9.17) is 0 Å². The second-order valence-corrected chi connectivity index (χ2v) is 6.07. The lowest BCUT2D eigenvalue weighted by atomic mass is 9.95. The van der Waals surface area contributed by atoms with Crippen LogP contribution in [-0.4, -0.2) is 6.04 Å². The molecule has 0 spiro atoms.